The van der Waals surface area contributed by atoms with E-state index in [-0.39, 0.29) is 5.69 Å². The number of nitrogens with zero attached hydrogens (tertiary/aromatic N) is 3. The van der Waals surface area contributed by atoms with E-state index in [1.807, 2.05) is 6.92 Å². The average Bonchev–Trinajstić information content (AvgIpc) is 2.05. The van der Waals surface area contributed by atoms with Gasteiger partial charge < -0.3 is 0 Å². The highest BCUT2D eigenvalue weighted by Gasteiger charge is 2.04. The second-order valence-corrected chi connectivity index (χ2v) is 1.97. The summed E-state index contributed by atoms with van der Waals surface area (Å²) in [5.74, 6) is 0.621. The van der Waals surface area contributed by atoms with Crippen molar-refractivity contribution < 1.29 is 4.92 Å². The molecule has 0 aliphatic carbocycles. The maximum atomic E-state index is 10.1. The summed E-state index contributed by atoms with van der Waals surface area (Å²) < 4.78 is 0. The van der Waals surface area contributed by atoms with Crippen LogP contribution >= 0.6 is 0 Å². The molecule has 0 saturated heterocycles. The van der Waals surface area contributed by atoms with E-state index in [1.54, 1.807) is 0 Å². The van der Waals surface area contributed by atoms with Gasteiger partial charge in [0, 0.05) is 6.42 Å². The Morgan fingerprint density at radius 2 is 2.09 bits per heavy atom. The van der Waals surface area contributed by atoms with Gasteiger partial charge in [-0.2, -0.15) is 0 Å². The fourth-order valence-corrected chi connectivity index (χ4v) is 0.625. The molecule has 1 aromatic rings. The minimum atomic E-state index is -0.514. The first-order valence-corrected chi connectivity index (χ1v) is 3.19. The van der Waals surface area contributed by atoms with E-state index in [9.17, 15) is 10.1 Å². The van der Waals surface area contributed by atoms with Gasteiger partial charge in [-0.1, -0.05) is 6.92 Å². The predicted octanol–water partition coefficient (Wildman–Crippen LogP) is 0.947. The van der Waals surface area contributed by atoms with E-state index in [1.165, 1.54) is 12.4 Å². The second-order valence-electron chi connectivity index (χ2n) is 1.97. The lowest BCUT2D eigenvalue weighted by molar-refractivity contribution is -0.385. The molecule has 0 amide bonds. The monoisotopic (exact) mass is 153 g/mol. The minimum Gasteiger partial charge on any atom is -0.258 e. The van der Waals surface area contributed by atoms with Crippen molar-refractivity contribution in [2.45, 2.75) is 13.3 Å². The molecule has 0 unspecified atom stereocenters. The third-order valence-electron chi connectivity index (χ3n) is 1.22. The highest BCUT2D eigenvalue weighted by molar-refractivity contribution is 5.20. The van der Waals surface area contributed by atoms with Gasteiger partial charge in [-0.25, -0.2) is 9.97 Å². The van der Waals surface area contributed by atoms with Crippen molar-refractivity contribution in [2.75, 3.05) is 0 Å². The van der Waals surface area contributed by atoms with Gasteiger partial charge in [-0.3, -0.25) is 10.1 Å². The zero-order valence-electron chi connectivity index (χ0n) is 6.02. The number of aryl methyl sites for hydroxylation is 1. The molecule has 0 radical (unpaired) electrons. The zero-order valence-corrected chi connectivity index (χ0v) is 6.02. The fourth-order valence-electron chi connectivity index (χ4n) is 0.625. The Bertz CT molecular complexity index is 257. The molecule has 0 fully saturated rings. The van der Waals surface area contributed by atoms with E-state index in [0.29, 0.717) is 12.2 Å². The minimum absolute atomic E-state index is 0.0674. The molecule has 5 heteroatoms. The van der Waals surface area contributed by atoms with Crippen molar-refractivity contribution in [2.24, 2.45) is 0 Å². The van der Waals surface area contributed by atoms with Crippen LogP contribution in [-0.2, 0) is 6.42 Å². The predicted molar refractivity (Wildman–Crippen MR) is 38.1 cm³/mol. The van der Waals surface area contributed by atoms with Crippen LogP contribution in [-0.4, -0.2) is 14.9 Å². The maximum absolute atomic E-state index is 10.1. The summed E-state index contributed by atoms with van der Waals surface area (Å²) in [7, 11) is 0. The number of hydrogen-bond donors (Lipinski definition) is 0. The zero-order chi connectivity index (χ0) is 8.27. The van der Waals surface area contributed by atoms with Gasteiger partial charge in [-0.05, 0) is 0 Å². The maximum Gasteiger partial charge on any atom is 0.305 e. The van der Waals surface area contributed by atoms with E-state index in [2.05, 4.69) is 9.97 Å². The van der Waals surface area contributed by atoms with Crippen molar-refractivity contribution in [3.05, 3.63) is 28.3 Å². The first-order valence-electron chi connectivity index (χ1n) is 3.19. The highest BCUT2D eigenvalue weighted by atomic mass is 16.6. The first-order chi connectivity index (χ1) is 5.24. The van der Waals surface area contributed by atoms with E-state index in [4.69, 9.17) is 0 Å². The van der Waals surface area contributed by atoms with E-state index in [0.717, 1.165) is 0 Å². The van der Waals surface area contributed by atoms with Crippen LogP contribution in [0, 0.1) is 10.1 Å². The smallest absolute Gasteiger partial charge is 0.258 e. The summed E-state index contributed by atoms with van der Waals surface area (Å²) in [6.07, 6.45) is 3.12. The third kappa shape index (κ3) is 1.70. The van der Waals surface area contributed by atoms with Crippen LogP contribution in [0.4, 0.5) is 5.69 Å². The Labute approximate surface area is 63.3 Å². The van der Waals surface area contributed by atoms with Crippen LogP contribution in [0.25, 0.3) is 0 Å². The van der Waals surface area contributed by atoms with Gasteiger partial charge in [0.2, 0.25) is 0 Å². The molecule has 1 heterocycles. The Balaban J connectivity index is 2.91. The molecule has 0 aliphatic heterocycles. The first kappa shape index (κ1) is 7.59. The molecular weight excluding hydrogens is 146 g/mol. The molecule has 0 atom stereocenters. The van der Waals surface area contributed by atoms with Gasteiger partial charge in [-0.15, -0.1) is 0 Å². The molecular formula is C6H7N3O2. The molecule has 0 saturated carbocycles. The standard InChI is InChI=1S/C6H7N3O2/c1-2-6-7-3-5(4-8-6)9(10)11/h3-4H,2H2,1H3. The third-order valence-corrected chi connectivity index (χ3v) is 1.22. The Hall–Kier alpha value is -1.52. The Morgan fingerprint density at radius 1 is 1.55 bits per heavy atom. The van der Waals surface area contributed by atoms with Gasteiger partial charge in [0.05, 0.1) is 4.92 Å². The number of nitro groups is 1. The van der Waals surface area contributed by atoms with Gasteiger partial charge in [0.1, 0.15) is 18.2 Å². The lowest BCUT2D eigenvalue weighted by Gasteiger charge is -1.91. The quantitative estimate of drug-likeness (QED) is 0.468. The molecule has 58 valence electrons. The molecule has 0 spiro atoms. The van der Waals surface area contributed by atoms with Crippen molar-refractivity contribution in [1.82, 2.24) is 9.97 Å². The topological polar surface area (TPSA) is 68.9 Å². The van der Waals surface area contributed by atoms with Crippen LogP contribution in [0.15, 0.2) is 12.4 Å². The average molecular weight is 153 g/mol. The van der Waals surface area contributed by atoms with E-state index >= 15 is 0 Å². The molecule has 5 nitrogen and oxygen atoms in total. The largest absolute Gasteiger partial charge is 0.305 e. The van der Waals surface area contributed by atoms with Gasteiger partial charge >= 0.3 is 5.69 Å². The SMILES string of the molecule is CCc1ncc([N+](=O)[O-])cn1. The molecule has 0 aromatic carbocycles. The Morgan fingerprint density at radius 3 is 2.45 bits per heavy atom. The molecule has 0 bridgehead atoms. The van der Waals surface area contributed by atoms with Crippen molar-refractivity contribution >= 4 is 5.69 Å². The summed E-state index contributed by atoms with van der Waals surface area (Å²) in [6, 6.07) is 0. The normalized spacial score (nSPS) is 9.55. The second kappa shape index (κ2) is 3.05. The number of aromatic nitrogens is 2. The Kier molecular flexibility index (Phi) is 2.10. The molecule has 0 N–H and O–H groups in total. The van der Waals surface area contributed by atoms with Crippen LogP contribution in [0.1, 0.15) is 12.7 Å². The summed E-state index contributed by atoms with van der Waals surface area (Å²) in [5.41, 5.74) is -0.0674. The fraction of sp³-hybridized carbons (Fsp3) is 0.333. The molecule has 1 aromatic heterocycles. The van der Waals surface area contributed by atoms with Crippen LogP contribution in [0.2, 0.25) is 0 Å². The summed E-state index contributed by atoms with van der Waals surface area (Å²) in [4.78, 5) is 17.1. The van der Waals surface area contributed by atoms with Crippen molar-refractivity contribution in [3.8, 4) is 0 Å². The molecule has 0 aliphatic rings. The number of hydrogen-bond acceptors (Lipinski definition) is 4. The number of rotatable bonds is 2. The molecule has 1 rings (SSSR count). The van der Waals surface area contributed by atoms with E-state index < -0.39 is 4.92 Å². The van der Waals surface area contributed by atoms with Crippen molar-refractivity contribution in [1.29, 1.82) is 0 Å². The molecule has 11 heavy (non-hydrogen) atoms. The van der Waals surface area contributed by atoms with Crippen LogP contribution < -0.4 is 0 Å². The highest BCUT2D eigenvalue weighted by Crippen LogP contribution is 2.05. The summed E-state index contributed by atoms with van der Waals surface area (Å²) >= 11 is 0. The lowest BCUT2D eigenvalue weighted by Crippen LogP contribution is -1.94. The van der Waals surface area contributed by atoms with Crippen LogP contribution in [0.3, 0.4) is 0 Å². The summed E-state index contributed by atoms with van der Waals surface area (Å²) in [5, 5.41) is 10.1. The van der Waals surface area contributed by atoms with Crippen LogP contribution in [0.5, 0.6) is 0 Å². The van der Waals surface area contributed by atoms with Gasteiger partial charge in [0.25, 0.3) is 0 Å². The lowest BCUT2D eigenvalue weighted by atomic mass is 10.4. The summed E-state index contributed by atoms with van der Waals surface area (Å²) in [6.45, 7) is 1.89. The van der Waals surface area contributed by atoms with Crippen molar-refractivity contribution in [3.63, 3.8) is 0 Å². The van der Waals surface area contributed by atoms with Gasteiger partial charge in [0.15, 0.2) is 0 Å².